The molecule has 0 spiro atoms. The largest absolute Gasteiger partial charge is 0.370 e. The van der Waals surface area contributed by atoms with Crippen molar-refractivity contribution < 1.29 is 4.79 Å². The first-order valence-corrected chi connectivity index (χ1v) is 7.76. The van der Waals surface area contributed by atoms with E-state index in [9.17, 15) is 4.79 Å². The number of hydrogen-bond donors (Lipinski definition) is 1. The number of rotatable bonds is 4. The number of likely N-dealkylation sites (tertiary alicyclic amines) is 1. The molecular weight excluding hydrogens is 288 g/mol. The van der Waals surface area contributed by atoms with Crippen LogP contribution in [0.1, 0.15) is 30.1 Å². The van der Waals surface area contributed by atoms with Crippen LogP contribution < -0.4 is 5.32 Å². The number of carbonyl (C=O) groups is 1. The number of nitrogens with one attached hydrogen (secondary N) is 1. The Morgan fingerprint density at radius 3 is 2.95 bits per heavy atom. The zero-order valence-electron chi connectivity index (χ0n) is 12.9. The van der Waals surface area contributed by atoms with Gasteiger partial charge in [-0.05, 0) is 46.0 Å². The molecule has 1 unspecified atom stereocenters. The van der Waals surface area contributed by atoms with Gasteiger partial charge in [0.25, 0.3) is 5.91 Å². The average Bonchev–Trinajstić information content (AvgIpc) is 2.46. The molecule has 0 aliphatic carbocycles. The topological polar surface area (TPSA) is 48.5 Å². The molecule has 6 heteroatoms. The SMILES string of the molecule is CCNc1cc(C(=O)N2CCCC(N(C)C)C2)cc(Cl)n1. The lowest BCUT2D eigenvalue weighted by molar-refractivity contribution is 0.0635. The lowest BCUT2D eigenvalue weighted by atomic mass is 10.0. The second kappa shape index (κ2) is 7.09. The van der Waals surface area contributed by atoms with Crippen molar-refractivity contribution in [1.29, 1.82) is 0 Å². The third kappa shape index (κ3) is 4.08. The van der Waals surface area contributed by atoms with Crippen molar-refractivity contribution in [1.82, 2.24) is 14.8 Å². The van der Waals surface area contributed by atoms with Crippen LogP contribution in [0.3, 0.4) is 0 Å². The third-order valence-corrected chi connectivity index (χ3v) is 4.01. The fourth-order valence-corrected chi connectivity index (χ4v) is 2.84. The molecule has 1 atom stereocenters. The van der Waals surface area contributed by atoms with Gasteiger partial charge in [0.1, 0.15) is 11.0 Å². The van der Waals surface area contributed by atoms with Gasteiger partial charge < -0.3 is 15.1 Å². The average molecular weight is 311 g/mol. The first-order valence-electron chi connectivity index (χ1n) is 7.38. The van der Waals surface area contributed by atoms with Crippen molar-refractivity contribution in [3.63, 3.8) is 0 Å². The van der Waals surface area contributed by atoms with Crippen LogP contribution in [0.15, 0.2) is 12.1 Å². The molecule has 0 saturated carbocycles. The van der Waals surface area contributed by atoms with E-state index in [1.807, 2.05) is 11.8 Å². The molecule has 0 bridgehead atoms. The molecule has 0 radical (unpaired) electrons. The van der Waals surface area contributed by atoms with Gasteiger partial charge in [-0.1, -0.05) is 11.6 Å². The molecule has 5 nitrogen and oxygen atoms in total. The Hall–Kier alpha value is -1.33. The zero-order chi connectivity index (χ0) is 15.4. The van der Waals surface area contributed by atoms with Gasteiger partial charge in [0.2, 0.25) is 0 Å². The van der Waals surface area contributed by atoms with Gasteiger partial charge in [-0.2, -0.15) is 0 Å². The van der Waals surface area contributed by atoms with E-state index >= 15 is 0 Å². The summed E-state index contributed by atoms with van der Waals surface area (Å²) in [6.45, 7) is 4.30. The van der Waals surface area contributed by atoms with Crippen molar-refractivity contribution >= 4 is 23.3 Å². The number of amides is 1. The summed E-state index contributed by atoms with van der Waals surface area (Å²) >= 11 is 6.02. The van der Waals surface area contributed by atoms with Gasteiger partial charge in [0.05, 0.1) is 0 Å². The van der Waals surface area contributed by atoms with E-state index in [4.69, 9.17) is 11.6 Å². The van der Waals surface area contributed by atoms with Crippen LogP contribution >= 0.6 is 11.6 Å². The number of piperidine rings is 1. The summed E-state index contributed by atoms with van der Waals surface area (Å²) in [6, 6.07) is 3.84. The molecular formula is C15H23ClN4O. The van der Waals surface area contributed by atoms with Gasteiger partial charge in [-0.25, -0.2) is 4.98 Å². The predicted molar refractivity (Wildman–Crippen MR) is 86.0 cm³/mol. The molecule has 1 N–H and O–H groups in total. The van der Waals surface area contributed by atoms with E-state index in [0.717, 1.165) is 32.5 Å². The molecule has 1 aromatic rings. The number of pyridine rings is 1. The highest BCUT2D eigenvalue weighted by Crippen LogP contribution is 2.20. The second-order valence-corrected chi connectivity index (χ2v) is 5.99. The molecule has 2 rings (SSSR count). The summed E-state index contributed by atoms with van der Waals surface area (Å²) in [5.74, 6) is 0.680. The van der Waals surface area contributed by atoms with Gasteiger partial charge in [-0.15, -0.1) is 0 Å². The Morgan fingerprint density at radius 1 is 1.52 bits per heavy atom. The summed E-state index contributed by atoms with van der Waals surface area (Å²) in [5.41, 5.74) is 0.602. The molecule has 1 amide bonds. The second-order valence-electron chi connectivity index (χ2n) is 5.60. The molecule has 21 heavy (non-hydrogen) atoms. The van der Waals surface area contributed by atoms with Crippen LogP contribution in [0, 0.1) is 0 Å². The molecule has 2 heterocycles. The van der Waals surface area contributed by atoms with E-state index in [1.165, 1.54) is 0 Å². The Bertz CT molecular complexity index is 506. The quantitative estimate of drug-likeness (QED) is 0.867. The van der Waals surface area contributed by atoms with E-state index in [-0.39, 0.29) is 5.91 Å². The molecule has 1 aliphatic rings. The van der Waals surface area contributed by atoms with Crippen LogP contribution in [0.25, 0.3) is 0 Å². The van der Waals surface area contributed by atoms with E-state index < -0.39 is 0 Å². The summed E-state index contributed by atoms with van der Waals surface area (Å²) in [4.78, 5) is 20.9. The lowest BCUT2D eigenvalue weighted by Crippen LogP contribution is -2.47. The summed E-state index contributed by atoms with van der Waals surface area (Å²) in [5, 5.41) is 3.44. The minimum Gasteiger partial charge on any atom is -0.370 e. The highest BCUT2D eigenvalue weighted by atomic mass is 35.5. The molecule has 1 saturated heterocycles. The maximum Gasteiger partial charge on any atom is 0.254 e. The van der Waals surface area contributed by atoms with Crippen LogP contribution in [0.4, 0.5) is 5.82 Å². The maximum absolute atomic E-state index is 12.7. The number of halogens is 1. The van der Waals surface area contributed by atoms with E-state index in [2.05, 4.69) is 29.3 Å². The summed E-state index contributed by atoms with van der Waals surface area (Å²) < 4.78 is 0. The standard InChI is InChI=1S/C15H23ClN4O/c1-4-17-14-9-11(8-13(16)18-14)15(21)20-7-5-6-12(10-20)19(2)3/h8-9,12H,4-7,10H2,1-3H3,(H,17,18). The minimum atomic E-state index is 0.0324. The number of nitrogens with zero attached hydrogens (tertiary/aromatic N) is 3. The van der Waals surface area contributed by atoms with Gasteiger partial charge >= 0.3 is 0 Å². The van der Waals surface area contributed by atoms with Crippen LogP contribution in [0.5, 0.6) is 0 Å². The van der Waals surface area contributed by atoms with Crippen LogP contribution in [-0.2, 0) is 0 Å². The Balaban J connectivity index is 2.15. The highest BCUT2D eigenvalue weighted by molar-refractivity contribution is 6.29. The molecule has 1 aliphatic heterocycles. The molecule has 116 valence electrons. The van der Waals surface area contributed by atoms with Gasteiger partial charge in [0.15, 0.2) is 0 Å². The van der Waals surface area contributed by atoms with Crippen molar-refractivity contribution in [3.05, 3.63) is 22.8 Å². The third-order valence-electron chi connectivity index (χ3n) is 3.81. The Morgan fingerprint density at radius 2 is 2.29 bits per heavy atom. The Kier molecular flexibility index (Phi) is 5.42. The van der Waals surface area contributed by atoms with Crippen molar-refractivity contribution in [2.45, 2.75) is 25.8 Å². The first-order chi connectivity index (χ1) is 10.0. The van der Waals surface area contributed by atoms with E-state index in [0.29, 0.717) is 22.6 Å². The summed E-state index contributed by atoms with van der Waals surface area (Å²) in [7, 11) is 4.12. The zero-order valence-corrected chi connectivity index (χ0v) is 13.7. The van der Waals surface area contributed by atoms with Crippen LogP contribution in [0.2, 0.25) is 5.15 Å². The monoisotopic (exact) mass is 310 g/mol. The van der Waals surface area contributed by atoms with Crippen molar-refractivity contribution in [2.24, 2.45) is 0 Å². The van der Waals surface area contributed by atoms with Gasteiger partial charge in [0, 0.05) is 31.2 Å². The lowest BCUT2D eigenvalue weighted by Gasteiger charge is -2.36. The number of hydrogen-bond acceptors (Lipinski definition) is 4. The predicted octanol–water partition coefficient (Wildman–Crippen LogP) is 2.33. The number of carbonyl (C=O) groups excluding carboxylic acids is 1. The van der Waals surface area contributed by atoms with E-state index in [1.54, 1.807) is 12.1 Å². The highest BCUT2D eigenvalue weighted by Gasteiger charge is 2.26. The summed E-state index contributed by atoms with van der Waals surface area (Å²) in [6.07, 6.45) is 2.17. The molecule has 1 fully saturated rings. The Labute approximate surface area is 131 Å². The molecule has 0 aromatic carbocycles. The number of likely N-dealkylation sites (N-methyl/N-ethyl adjacent to an activating group) is 1. The normalized spacial score (nSPS) is 18.9. The maximum atomic E-state index is 12.7. The van der Waals surface area contributed by atoms with Crippen LogP contribution in [-0.4, -0.2) is 60.5 Å². The fourth-order valence-electron chi connectivity index (χ4n) is 2.64. The smallest absolute Gasteiger partial charge is 0.254 e. The molecule has 1 aromatic heterocycles. The fraction of sp³-hybridized carbons (Fsp3) is 0.600. The minimum absolute atomic E-state index is 0.0324. The van der Waals surface area contributed by atoms with Crippen molar-refractivity contribution in [3.8, 4) is 0 Å². The number of aromatic nitrogens is 1. The van der Waals surface area contributed by atoms with Gasteiger partial charge in [-0.3, -0.25) is 4.79 Å². The number of anilines is 1. The van der Waals surface area contributed by atoms with Crippen molar-refractivity contribution in [2.75, 3.05) is 39.0 Å². The first kappa shape index (κ1) is 16.0.